The van der Waals surface area contributed by atoms with Gasteiger partial charge < -0.3 is 15.2 Å². The molecule has 4 heteroatoms. The molecule has 26 heavy (non-hydrogen) atoms. The van der Waals surface area contributed by atoms with E-state index in [9.17, 15) is 0 Å². The van der Waals surface area contributed by atoms with E-state index >= 15 is 0 Å². The van der Waals surface area contributed by atoms with Crippen LogP contribution in [0.1, 0.15) is 0 Å². The molecule has 1 aromatic heterocycles. The van der Waals surface area contributed by atoms with Crippen LogP contribution in [0.2, 0.25) is 0 Å². The van der Waals surface area contributed by atoms with E-state index in [2.05, 4.69) is 12.1 Å². The number of benzene rings is 3. The Morgan fingerprint density at radius 2 is 1.46 bits per heavy atom. The van der Waals surface area contributed by atoms with Gasteiger partial charge in [-0.1, -0.05) is 60.7 Å². The van der Waals surface area contributed by atoms with E-state index in [-0.39, 0.29) is 6.79 Å². The first-order chi connectivity index (χ1) is 12.8. The van der Waals surface area contributed by atoms with E-state index in [1.54, 1.807) is 0 Å². The molecule has 0 atom stereocenters. The van der Waals surface area contributed by atoms with E-state index in [1.807, 2.05) is 60.7 Å². The molecule has 1 aliphatic rings. The maximum atomic E-state index is 6.33. The van der Waals surface area contributed by atoms with E-state index in [0.717, 1.165) is 44.7 Å². The number of rotatable bonds is 2. The summed E-state index contributed by atoms with van der Waals surface area (Å²) in [7, 11) is 0. The Labute approximate surface area is 150 Å². The zero-order chi connectivity index (χ0) is 17.5. The molecule has 0 amide bonds. The van der Waals surface area contributed by atoms with Crippen LogP contribution in [0.25, 0.3) is 33.2 Å². The molecule has 0 bridgehead atoms. The molecule has 0 radical (unpaired) electrons. The van der Waals surface area contributed by atoms with Crippen molar-refractivity contribution in [1.29, 1.82) is 0 Å². The molecule has 0 fully saturated rings. The molecule has 0 aliphatic carbocycles. The summed E-state index contributed by atoms with van der Waals surface area (Å²) in [5, 5.41) is 1.81. The molecule has 5 rings (SSSR count). The molecule has 0 unspecified atom stereocenters. The van der Waals surface area contributed by atoms with Gasteiger partial charge in [-0.05, 0) is 17.7 Å². The summed E-state index contributed by atoms with van der Waals surface area (Å²) in [6.07, 6.45) is 0. The molecule has 4 aromatic rings. The number of nitrogen functional groups attached to an aromatic ring is 1. The van der Waals surface area contributed by atoms with Crippen molar-refractivity contribution in [3.8, 4) is 33.9 Å². The molecule has 2 heterocycles. The largest absolute Gasteiger partial charge is 0.454 e. The van der Waals surface area contributed by atoms with Crippen LogP contribution in [0, 0.1) is 0 Å². The molecule has 2 N–H and O–H groups in total. The number of hydrogen-bond acceptors (Lipinski definition) is 4. The SMILES string of the molecule is Nc1nc(-c2ccccc2)c(-c2ccccc2)c2c3c(ccc12)OCO3. The third-order valence-corrected chi connectivity index (χ3v) is 4.64. The van der Waals surface area contributed by atoms with Crippen LogP contribution in [0.5, 0.6) is 11.5 Å². The molecular formula is C22H16N2O2. The maximum Gasteiger partial charge on any atom is 0.231 e. The Morgan fingerprint density at radius 1 is 0.769 bits per heavy atom. The highest BCUT2D eigenvalue weighted by atomic mass is 16.7. The lowest BCUT2D eigenvalue weighted by atomic mass is 9.93. The summed E-state index contributed by atoms with van der Waals surface area (Å²) in [6.45, 7) is 0.214. The van der Waals surface area contributed by atoms with Crippen molar-refractivity contribution in [2.45, 2.75) is 0 Å². The third kappa shape index (κ3) is 2.19. The summed E-state index contributed by atoms with van der Waals surface area (Å²) in [6, 6.07) is 24.1. The standard InChI is InChI=1S/C22H16N2O2/c23-22-16-11-12-17-21(26-13-25-17)19(16)18(14-7-3-1-4-8-14)20(24-22)15-9-5-2-6-10-15/h1-12H,13H2,(H2,23,24). The predicted molar refractivity (Wildman–Crippen MR) is 103 cm³/mol. The first-order valence-electron chi connectivity index (χ1n) is 8.45. The third-order valence-electron chi connectivity index (χ3n) is 4.64. The lowest BCUT2D eigenvalue weighted by Crippen LogP contribution is -1.99. The van der Waals surface area contributed by atoms with Crippen molar-refractivity contribution in [2.24, 2.45) is 0 Å². The van der Waals surface area contributed by atoms with Crippen molar-refractivity contribution in [1.82, 2.24) is 4.98 Å². The summed E-state index contributed by atoms with van der Waals surface area (Å²) >= 11 is 0. The summed E-state index contributed by atoms with van der Waals surface area (Å²) in [5.41, 5.74) is 10.2. The Kier molecular flexibility index (Phi) is 3.28. The van der Waals surface area contributed by atoms with E-state index < -0.39 is 0 Å². The van der Waals surface area contributed by atoms with Crippen molar-refractivity contribution in [2.75, 3.05) is 12.5 Å². The Morgan fingerprint density at radius 3 is 2.19 bits per heavy atom. The topological polar surface area (TPSA) is 57.4 Å². The van der Waals surface area contributed by atoms with Crippen molar-refractivity contribution < 1.29 is 9.47 Å². The van der Waals surface area contributed by atoms with E-state index in [0.29, 0.717) is 5.82 Å². The molecule has 126 valence electrons. The minimum absolute atomic E-state index is 0.214. The molecule has 0 spiro atoms. The van der Waals surface area contributed by atoms with E-state index in [1.165, 1.54) is 0 Å². The van der Waals surface area contributed by atoms with Crippen LogP contribution in [-0.2, 0) is 0 Å². The highest BCUT2D eigenvalue weighted by molar-refractivity contribution is 6.10. The fourth-order valence-corrected chi connectivity index (χ4v) is 3.48. The molecule has 4 nitrogen and oxygen atoms in total. The number of fused-ring (bicyclic) bond motifs is 3. The average Bonchev–Trinajstić information content (AvgIpc) is 3.18. The zero-order valence-electron chi connectivity index (χ0n) is 14.0. The fourth-order valence-electron chi connectivity index (χ4n) is 3.48. The number of aromatic nitrogens is 1. The second kappa shape index (κ2) is 5.77. The van der Waals surface area contributed by atoms with Crippen molar-refractivity contribution >= 4 is 16.6 Å². The van der Waals surface area contributed by atoms with Crippen LogP contribution < -0.4 is 15.2 Å². The minimum atomic E-state index is 0.214. The lowest BCUT2D eigenvalue weighted by molar-refractivity contribution is 0.175. The number of nitrogens with two attached hydrogens (primary N) is 1. The fraction of sp³-hybridized carbons (Fsp3) is 0.0455. The van der Waals surface area contributed by atoms with Crippen LogP contribution >= 0.6 is 0 Å². The van der Waals surface area contributed by atoms with Crippen LogP contribution in [-0.4, -0.2) is 11.8 Å². The number of ether oxygens (including phenoxy) is 2. The van der Waals surface area contributed by atoms with Crippen LogP contribution in [0.15, 0.2) is 72.8 Å². The van der Waals surface area contributed by atoms with Gasteiger partial charge in [-0.15, -0.1) is 0 Å². The number of pyridine rings is 1. The lowest BCUT2D eigenvalue weighted by Gasteiger charge is -2.16. The Bertz CT molecular complexity index is 1110. The highest BCUT2D eigenvalue weighted by Gasteiger charge is 2.24. The first kappa shape index (κ1) is 14.8. The summed E-state index contributed by atoms with van der Waals surface area (Å²) < 4.78 is 11.4. The van der Waals surface area contributed by atoms with Gasteiger partial charge in [0.2, 0.25) is 6.79 Å². The monoisotopic (exact) mass is 340 g/mol. The summed E-state index contributed by atoms with van der Waals surface area (Å²) in [5.74, 6) is 1.95. The highest BCUT2D eigenvalue weighted by Crippen LogP contribution is 2.47. The zero-order valence-corrected chi connectivity index (χ0v) is 14.0. The normalized spacial score (nSPS) is 12.5. The molecule has 0 saturated carbocycles. The second-order valence-electron chi connectivity index (χ2n) is 6.17. The van der Waals surface area contributed by atoms with Crippen molar-refractivity contribution in [3.05, 3.63) is 72.8 Å². The van der Waals surface area contributed by atoms with Crippen LogP contribution in [0.3, 0.4) is 0 Å². The summed E-state index contributed by atoms with van der Waals surface area (Å²) in [4.78, 5) is 4.75. The molecule has 0 saturated heterocycles. The molecule has 1 aliphatic heterocycles. The van der Waals surface area contributed by atoms with Gasteiger partial charge in [0.1, 0.15) is 5.82 Å². The van der Waals surface area contributed by atoms with Crippen LogP contribution in [0.4, 0.5) is 5.82 Å². The quantitative estimate of drug-likeness (QED) is 0.565. The van der Waals surface area contributed by atoms with Gasteiger partial charge >= 0.3 is 0 Å². The van der Waals surface area contributed by atoms with Crippen molar-refractivity contribution in [3.63, 3.8) is 0 Å². The molecule has 3 aromatic carbocycles. The van der Waals surface area contributed by atoms with Gasteiger partial charge in [0.15, 0.2) is 11.5 Å². The van der Waals surface area contributed by atoms with Gasteiger partial charge in [-0.2, -0.15) is 0 Å². The number of nitrogens with zero attached hydrogens (tertiary/aromatic N) is 1. The molecular weight excluding hydrogens is 324 g/mol. The van der Waals surface area contributed by atoms with Gasteiger partial charge in [-0.3, -0.25) is 0 Å². The van der Waals surface area contributed by atoms with Gasteiger partial charge in [0.05, 0.1) is 5.69 Å². The van der Waals surface area contributed by atoms with Gasteiger partial charge in [-0.25, -0.2) is 4.98 Å². The van der Waals surface area contributed by atoms with E-state index in [4.69, 9.17) is 20.2 Å². The Balaban J connectivity index is 1.96. The smallest absolute Gasteiger partial charge is 0.231 e. The van der Waals surface area contributed by atoms with Gasteiger partial charge in [0, 0.05) is 21.9 Å². The first-order valence-corrected chi connectivity index (χ1v) is 8.45. The minimum Gasteiger partial charge on any atom is -0.454 e. The Hall–Kier alpha value is -3.53. The predicted octanol–water partition coefficient (Wildman–Crippen LogP) is 4.88. The number of hydrogen-bond donors (Lipinski definition) is 1. The van der Waals surface area contributed by atoms with Gasteiger partial charge in [0.25, 0.3) is 0 Å². The number of anilines is 1. The average molecular weight is 340 g/mol. The second-order valence-corrected chi connectivity index (χ2v) is 6.17. The maximum absolute atomic E-state index is 6.33.